The third-order valence-corrected chi connectivity index (χ3v) is 4.32. The summed E-state index contributed by atoms with van der Waals surface area (Å²) in [6.07, 6.45) is 5.24. The van der Waals surface area contributed by atoms with Crippen molar-refractivity contribution in [1.29, 1.82) is 0 Å². The summed E-state index contributed by atoms with van der Waals surface area (Å²) in [6, 6.07) is -0.0172. The van der Waals surface area contributed by atoms with E-state index in [1.165, 1.54) is 6.42 Å². The summed E-state index contributed by atoms with van der Waals surface area (Å²) in [5.74, 6) is 0.240. The van der Waals surface area contributed by atoms with Crippen LogP contribution in [0, 0.1) is 5.92 Å². The number of aliphatic hydroxyl groups is 1. The zero-order valence-electron chi connectivity index (χ0n) is 11.2. The number of ether oxygens (including phenoxy) is 1. The number of likely N-dealkylation sites (tertiary alicyclic amines) is 1. The van der Waals surface area contributed by atoms with Crippen LogP contribution in [0.3, 0.4) is 0 Å². The fourth-order valence-corrected chi connectivity index (χ4v) is 2.77. The molecule has 0 aromatic heterocycles. The van der Waals surface area contributed by atoms with Crippen molar-refractivity contribution < 1.29 is 14.6 Å². The van der Waals surface area contributed by atoms with Crippen LogP contribution in [0.15, 0.2) is 0 Å². The number of methoxy groups -OCH3 is 1. The van der Waals surface area contributed by atoms with E-state index in [0.29, 0.717) is 13.1 Å². The SMILES string of the molecule is COC1(CNC(=O)N2CCCC(CO)C2)CCC1. The molecule has 1 aliphatic carbocycles. The monoisotopic (exact) mass is 256 g/mol. The second-order valence-electron chi connectivity index (χ2n) is 5.54. The van der Waals surface area contributed by atoms with Crippen LogP contribution in [0.25, 0.3) is 0 Å². The Morgan fingerprint density at radius 1 is 1.50 bits per heavy atom. The lowest BCUT2D eigenvalue weighted by molar-refractivity contribution is -0.0680. The number of carbonyl (C=O) groups excluding carboxylic acids is 1. The molecule has 2 aliphatic rings. The summed E-state index contributed by atoms with van der Waals surface area (Å²) < 4.78 is 5.48. The molecular formula is C13H24N2O3. The molecule has 1 heterocycles. The fraction of sp³-hybridized carbons (Fsp3) is 0.923. The van der Waals surface area contributed by atoms with Crippen molar-refractivity contribution in [3.63, 3.8) is 0 Å². The number of rotatable bonds is 4. The number of hydrogen-bond acceptors (Lipinski definition) is 3. The van der Waals surface area contributed by atoms with E-state index in [4.69, 9.17) is 9.84 Å². The van der Waals surface area contributed by atoms with Crippen LogP contribution in [-0.4, -0.2) is 55.0 Å². The number of piperidine rings is 1. The van der Waals surface area contributed by atoms with Gasteiger partial charge in [0.05, 0.1) is 5.60 Å². The van der Waals surface area contributed by atoms with Crippen LogP contribution in [0.1, 0.15) is 32.1 Å². The average molecular weight is 256 g/mol. The maximum Gasteiger partial charge on any atom is 0.317 e. The van der Waals surface area contributed by atoms with E-state index in [0.717, 1.165) is 32.2 Å². The van der Waals surface area contributed by atoms with E-state index >= 15 is 0 Å². The van der Waals surface area contributed by atoms with Crippen LogP contribution in [0.2, 0.25) is 0 Å². The van der Waals surface area contributed by atoms with Gasteiger partial charge < -0.3 is 20.1 Å². The maximum atomic E-state index is 12.0. The first-order valence-corrected chi connectivity index (χ1v) is 6.88. The Morgan fingerprint density at radius 3 is 2.83 bits per heavy atom. The lowest BCUT2D eigenvalue weighted by Crippen LogP contribution is -2.53. The summed E-state index contributed by atoms with van der Waals surface area (Å²) in [5.41, 5.74) is -0.123. The number of nitrogens with one attached hydrogen (secondary N) is 1. The lowest BCUT2D eigenvalue weighted by atomic mass is 9.80. The summed E-state index contributed by atoms with van der Waals surface area (Å²) in [6.45, 7) is 2.24. The molecule has 104 valence electrons. The maximum absolute atomic E-state index is 12.0. The second kappa shape index (κ2) is 5.89. The van der Waals surface area contributed by atoms with Crippen LogP contribution >= 0.6 is 0 Å². The Hall–Kier alpha value is -0.810. The van der Waals surface area contributed by atoms with E-state index in [-0.39, 0.29) is 24.2 Å². The molecular weight excluding hydrogens is 232 g/mol. The normalized spacial score (nSPS) is 26.6. The molecule has 1 atom stereocenters. The van der Waals surface area contributed by atoms with Crippen molar-refractivity contribution in [3.05, 3.63) is 0 Å². The number of carbonyl (C=O) groups is 1. The predicted molar refractivity (Wildman–Crippen MR) is 68.4 cm³/mol. The van der Waals surface area contributed by atoms with Gasteiger partial charge in [-0.15, -0.1) is 0 Å². The Bertz CT molecular complexity index is 286. The highest BCUT2D eigenvalue weighted by Gasteiger charge is 2.37. The highest BCUT2D eigenvalue weighted by atomic mass is 16.5. The van der Waals surface area contributed by atoms with E-state index in [9.17, 15) is 4.79 Å². The number of aliphatic hydroxyl groups excluding tert-OH is 1. The summed E-state index contributed by atoms with van der Waals surface area (Å²) in [5, 5.41) is 12.1. The summed E-state index contributed by atoms with van der Waals surface area (Å²) in [4.78, 5) is 13.9. The molecule has 0 aromatic carbocycles. The van der Waals surface area contributed by atoms with E-state index in [1.54, 1.807) is 7.11 Å². The highest BCUT2D eigenvalue weighted by molar-refractivity contribution is 5.74. The predicted octanol–water partition coefficient (Wildman–Crippen LogP) is 0.969. The number of nitrogens with zero attached hydrogens (tertiary/aromatic N) is 1. The van der Waals surface area contributed by atoms with Gasteiger partial charge in [-0.3, -0.25) is 0 Å². The first-order chi connectivity index (χ1) is 8.69. The van der Waals surface area contributed by atoms with Gasteiger partial charge >= 0.3 is 6.03 Å². The third kappa shape index (κ3) is 2.95. The number of amides is 2. The van der Waals surface area contributed by atoms with Crippen molar-refractivity contribution >= 4 is 6.03 Å². The molecule has 1 unspecified atom stereocenters. The second-order valence-corrected chi connectivity index (χ2v) is 5.54. The van der Waals surface area contributed by atoms with Crippen molar-refractivity contribution in [2.75, 3.05) is 33.4 Å². The highest BCUT2D eigenvalue weighted by Crippen LogP contribution is 2.34. The zero-order valence-corrected chi connectivity index (χ0v) is 11.2. The fourth-order valence-electron chi connectivity index (χ4n) is 2.77. The van der Waals surface area contributed by atoms with Crippen molar-refractivity contribution in [2.24, 2.45) is 5.92 Å². The minimum Gasteiger partial charge on any atom is -0.396 e. The van der Waals surface area contributed by atoms with Gasteiger partial charge in [-0.25, -0.2) is 4.79 Å². The van der Waals surface area contributed by atoms with Crippen LogP contribution in [-0.2, 0) is 4.74 Å². The summed E-state index contributed by atoms with van der Waals surface area (Å²) >= 11 is 0. The van der Waals surface area contributed by atoms with Crippen LogP contribution < -0.4 is 5.32 Å². The molecule has 0 radical (unpaired) electrons. The molecule has 5 nitrogen and oxygen atoms in total. The number of hydrogen-bond donors (Lipinski definition) is 2. The van der Waals surface area contributed by atoms with Crippen molar-refractivity contribution in [3.8, 4) is 0 Å². The Labute approximate surface area is 108 Å². The molecule has 5 heteroatoms. The molecule has 1 saturated carbocycles. The van der Waals surface area contributed by atoms with Gasteiger partial charge in [0.1, 0.15) is 0 Å². The Morgan fingerprint density at radius 2 is 2.28 bits per heavy atom. The first-order valence-electron chi connectivity index (χ1n) is 6.88. The topological polar surface area (TPSA) is 61.8 Å². The first kappa shape index (κ1) is 13.6. The van der Waals surface area contributed by atoms with Gasteiger partial charge in [0.15, 0.2) is 0 Å². The third-order valence-electron chi connectivity index (χ3n) is 4.32. The Kier molecular flexibility index (Phi) is 4.45. The minimum atomic E-state index is -0.123. The van der Waals surface area contributed by atoms with Crippen molar-refractivity contribution in [1.82, 2.24) is 10.2 Å². The van der Waals surface area contributed by atoms with E-state index in [1.807, 2.05) is 4.90 Å². The standard InChI is InChI=1S/C13H24N2O3/c1-18-13(5-3-6-13)10-14-12(17)15-7-2-4-11(8-15)9-16/h11,16H,2-10H2,1H3,(H,14,17). The quantitative estimate of drug-likeness (QED) is 0.788. The van der Waals surface area contributed by atoms with Crippen LogP contribution in [0.4, 0.5) is 4.79 Å². The van der Waals surface area contributed by atoms with Gasteiger partial charge in [0.2, 0.25) is 0 Å². The lowest BCUT2D eigenvalue weighted by Gasteiger charge is -2.41. The Balaban J connectivity index is 1.77. The molecule has 2 fully saturated rings. The molecule has 2 rings (SSSR count). The van der Waals surface area contributed by atoms with Gasteiger partial charge in [-0.1, -0.05) is 0 Å². The molecule has 0 spiro atoms. The smallest absolute Gasteiger partial charge is 0.317 e. The molecule has 0 aromatic rings. The van der Waals surface area contributed by atoms with E-state index < -0.39 is 0 Å². The average Bonchev–Trinajstić information content (AvgIpc) is 2.38. The molecule has 0 bridgehead atoms. The van der Waals surface area contributed by atoms with E-state index in [2.05, 4.69) is 5.32 Å². The molecule has 18 heavy (non-hydrogen) atoms. The van der Waals surface area contributed by atoms with Crippen molar-refractivity contribution in [2.45, 2.75) is 37.7 Å². The minimum absolute atomic E-state index is 0.0172. The number of urea groups is 1. The zero-order chi connectivity index (χ0) is 13.0. The van der Waals surface area contributed by atoms with Gasteiger partial charge in [0, 0.05) is 33.4 Å². The molecule has 1 aliphatic heterocycles. The van der Waals surface area contributed by atoms with Gasteiger partial charge in [-0.2, -0.15) is 0 Å². The van der Waals surface area contributed by atoms with Crippen LogP contribution in [0.5, 0.6) is 0 Å². The molecule has 1 saturated heterocycles. The van der Waals surface area contributed by atoms with Gasteiger partial charge in [-0.05, 0) is 38.0 Å². The molecule has 2 amide bonds. The summed E-state index contributed by atoms with van der Waals surface area (Å²) in [7, 11) is 1.72. The van der Waals surface area contributed by atoms with Gasteiger partial charge in [0.25, 0.3) is 0 Å². The largest absolute Gasteiger partial charge is 0.396 e. The molecule has 2 N–H and O–H groups in total.